The lowest BCUT2D eigenvalue weighted by molar-refractivity contribution is -0.167. The Balaban J connectivity index is 3.50. The summed E-state index contributed by atoms with van der Waals surface area (Å²) in [5.74, 6) is -0.673. The lowest BCUT2D eigenvalue weighted by Gasteiger charge is -2.08. The van der Waals surface area contributed by atoms with E-state index >= 15 is 0 Å². The molecule has 4 heteroatoms. The number of aliphatic hydroxyl groups excluding tert-OH is 1. The van der Waals surface area contributed by atoms with E-state index in [2.05, 4.69) is 4.74 Å². The molecule has 0 spiro atoms. The van der Waals surface area contributed by atoms with Gasteiger partial charge < -0.3 is 9.84 Å². The Bertz CT molecular complexity index is 162. The SMILES string of the molecule is CCCC(O)OC(=O)CC#N. The maximum atomic E-state index is 10.5. The molecule has 0 aliphatic carbocycles. The predicted molar refractivity (Wildman–Crippen MR) is 37.2 cm³/mol. The van der Waals surface area contributed by atoms with Gasteiger partial charge in [0.15, 0.2) is 0 Å². The third kappa shape index (κ3) is 5.37. The van der Waals surface area contributed by atoms with Crippen LogP contribution in [0.15, 0.2) is 0 Å². The number of carbonyl (C=O) groups is 1. The summed E-state index contributed by atoms with van der Waals surface area (Å²) in [6.45, 7) is 1.86. The Morgan fingerprint density at radius 3 is 2.91 bits per heavy atom. The predicted octanol–water partition coefficient (Wildman–Crippen LogP) is 0.562. The van der Waals surface area contributed by atoms with E-state index in [1.807, 2.05) is 6.92 Å². The van der Waals surface area contributed by atoms with Crippen LogP contribution >= 0.6 is 0 Å². The average molecular weight is 157 g/mol. The molecule has 0 saturated heterocycles. The van der Waals surface area contributed by atoms with Crippen molar-refractivity contribution in [3.63, 3.8) is 0 Å². The average Bonchev–Trinajstić information content (AvgIpc) is 1.87. The van der Waals surface area contributed by atoms with Gasteiger partial charge in [-0.2, -0.15) is 5.26 Å². The first-order valence-corrected chi connectivity index (χ1v) is 3.45. The van der Waals surface area contributed by atoms with Gasteiger partial charge in [-0.3, -0.25) is 4.79 Å². The Labute approximate surface area is 65.4 Å². The van der Waals surface area contributed by atoms with Crippen LogP contribution in [0.1, 0.15) is 26.2 Å². The van der Waals surface area contributed by atoms with Crippen LogP contribution in [0.2, 0.25) is 0 Å². The molecule has 0 aromatic rings. The minimum Gasteiger partial charge on any atom is -0.435 e. The van der Waals surface area contributed by atoms with Crippen LogP contribution in [0, 0.1) is 11.3 Å². The Kier molecular flexibility index (Phi) is 5.13. The number of esters is 1. The summed E-state index contributed by atoms with van der Waals surface area (Å²) >= 11 is 0. The molecule has 1 unspecified atom stereocenters. The summed E-state index contributed by atoms with van der Waals surface area (Å²) in [6, 6.07) is 1.63. The highest BCUT2D eigenvalue weighted by Gasteiger charge is 2.08. The van der Waals surface area contributed by atoms with Gasteiger partial charge in [0, 0.05) is 6.42 Å². The van der Waals surface area contributed by atoms with Crippen molar-refractivity contribution >= 4 is 5.97 Å². The molecule has 0 aromatic heterocycles. The number of hydrogen-bond acceptors (Lipinski definition) is 4. The Hall–Kier alpha value is -1.08. The zero-order chi connectivity index (χ0) is 8.69. The molecule has 0 fully saturated rings. The van der Waals surface area contributed by atoms with Gasteiger partial charge in [-0.05, 0) is 0 Å². The zero-order valence-corrected chi connectivity index (χ0v) is 6.41. The number of carbonyl (C=O) groups excluding carboxylic acids is 1. The van der Waals surface area contributed by atoms with Gasteiger partial charge in [0.05, 0.1) is 6.07 Å². The van der Waals surface area contributed by atoms with Gasteiger partial charge in [-0.1, -0.05) is 13.3 Å². The van der Waals surface area contributed by atoms with Gasteiger partial charge in [-0.15, -0.1) is 0 Å². The number of aliphatic hydroxyl groups is 1. The van der Waals surface area contributed by atoms with Crippen LogP contribution in [0.25, 0.3) is 0 Å². The molecule has 4 nitrogen and oxygen atoms in total. The molecular formula is C7H11NO3. The molecule has 0 heterocycles. The summed E-state index contributed by atoms with van der Waals surface area (Å²) in [7, 11) is 0. The molecule has 0 amide bonds. The molecule has 0 saturated carbocycles. The summed E-state index contributed by atoms with van der Waals surface area (Å²) in [5, 5.41) is 16.9. The van der Waals surface area contributed by atoms with Crippen molar-refractivity contribution in [2.24, 2.45) is 0 Å². The quantitative estimate of drug-likeness (QED) is 0.478. The summed E-state index contributed by atoms with van der Waals surface area (Å²) in [4.78, 5) is 10.5. The molecule has 11 heavy (non-hydrogen) atoms. The molecule has 1 N–H and O–H groups in total. The van der Waals surface area contributed by atoms with Gasteiger partial charge in [0.25, 0.3) is 0 Å². The van der Waals surface area contributed by atoms with Crippen molar-refractivity contribution in [3.05, 3.63) is 0 Å². The standard InChI is InChI=1S/C7H11NO3/c1-2-3-6(9)11-7(10)4-5-8/h6,9H,2-4H2,1H3. The lowest BCUT2D eigenvalue weighted by atomic mass is 10.3. The smallest absolute Gasteiger partial charge is 0.322 e. The molecule has 1 atom stereocenters. The molecule has 0 bridgehead atoms. The maximum absolute atomic E-state index is 10.5. The van der Waals surface area contributed by atoms with Crippen molar-refractivity contribution < 1.29 is 14.6 Å². The van der Waals surface area contributed by atoms with Crippen LogP contribution in [0.5, 0.6) is 0 Å². The fraction of sp³-hybridized carbons (Fsp3) is 0.714. The number of hydrogen-bond donors (Lipinski definition) is 1. The van der Waals surface area contributed by atoms with Crippen LogP contribution < -0.4 is 0 Å². The van der Waals surface area contributed by atoms with E-state index < -0.39 is 12.3 Å². The first-order chi connectivity index (χ1) is 5.20. The number of rotatable bonds is 4. The van der Waals surface area contributed by atoms with Gasteiger partial charge in [0.2, 0.25) is 6.29 Å². The third-order valence-corrected chi connectivity index (χ3v) is 1.03. The summed E-state index contributed by atoms with van der Waals surface area (Å²) in [6.07, 6.45) is -0.209. The van der Waals surface area contributed by atoms with Gasteiger partial charge in [-0.25, -0.2) is 0 Å². The van der Waals surface area contributed by atoms with Crippen molar-refractivity contribution in [3.8, 4) is 6.07 Å². The van der Waals surface area contributed by atoms with Crippen molar-refractivity contribution in [2.45, 2.75) is 32.5 Å². The van der Waals surface area contributed by atoms with Crippen LogP contribution in [0.4, 0.5) is 0 Å². The maximum Gasteiger partial charge on any atom is 0.322 e. The third-order valence-electron chi connectivity index (χ3n) is 1.03. The fourth-order valence-corrected chi connectivity index (χ4v) is 0.564. The molecule has 0 radical (unpaired) electrons. The summed E-state index contributed by atoms with van der Waals surface area (Å²) < 4.78 is 4.43. The first kappa shape index (κ1) is 9.92. The van der Waals surface area contributed by atoms with Crippen LogP contribution in [-0.2, 0) is 9.53 Å². The minimum atomic E-state index is -1.05. The Morgan fingerprint density at radius 1 is 1.82 bits per heavy atom. The zero-order valence-electron chi connectivity index (χ0n) is 6.41. The molecule has 0 aliphatic heterocycles. The number of nitriles is 1. The Morgan fingerprint density at radius 2 is 2.45 bits per heavy atom. The number of nitrogens with zero attached hydrogens (tertiary/aromatic N) is 1. The van der Waals surface area contributed by atoms with E-state index in [-0.39, 0.29) is 6.42 Å². The lowest BCUT2D eigenvalue weighted by Crippen LogP contribution is -2.16. The monoisotopic (exact) mass is 157 g/mol. The van der Waals surface area contributed by atoms with Crippen molar-refractivity contribution in [1.82, 2.24) is 0 Å². The van der Waals surface area contributed by atoms with Crippen LogP contribution in [0.3, 0.4) is 0 Å². The highest BCUT2D eigenvalue weighted by Crippen LogP contribution is 1.99. The molecule has 0 aliphatic rings. The highest BCUT2D eigenvalue weighted by molar-refractivity contribution is 5.71. The minimum absolute atomic E-state index is 0.305. The van der Waals surface area contributed by atoms with E-state index in [0.717, 1.165) is 6.42 Å². The van der Waals surface area contributed by atoms with Gasteiger partial charge in [0.1, 0.15) is 6.42 Å². The highest BCUT2D eigenvalue weighted by atomic mass is 16.6. The second kappa shape index (κ2) is 5.69. The molecule has 62 valence electrons. The summed E-state index contributed by atoms with van der Waals surface area (Å²) in [5.41, 5.74) is 0. The second-order valence-electron chi connectivity index (χ2n) is 2.07. The van der Waals surface area contributed by atoms with E-state index in [1.165, 1.54) is 0 Å². The second-order valence-corrected chi connectivity index (χ2v) is 2.07. The van der Waals surface area contributed by atoms with E-state index in [0.29, 0.717) is 6.42 Å². The first-order valence-electron chi connectivity index (χ1n) is 3.45. The largest absolute Gasteiger partial charge is 0.435 e. The fourth-order valence-electron chi connectivity index (χ4n) is 0.564. The van der Waals surface area contributed by atoms with Crippen molar-refractivity contribution in [1.29, 1.82) is 5.26 Å². The van der Waals surface area contributed by atoms with Gasteiger partial charge >= 0.3 is 5.97 Å². The normalized spacial score (nSPS) is 11.7. The topological polar surface area (TPSA) is 70.3 Å². The number of ether oxygens (including phenoxy) is 1. The van der Waals surface area contributed by atoms with E-state index in [4.69, 9.17) is 10.4 Å². The molecule has 0 aromatic carbocycles. The van der Waals surface area contributed by atoms with Crippen molar-refractivity contribution in [2.75, 3.05) is 0 Å². The van der Waals surface area contributed by atoms with E-state index in [1.54, 1.807) is 6.07 Å². The van der Waals surface area contributed by atoms with Crippen LogP contribution in [-0.4, -0.2) is 17.4 Å². The van der Waals surface area contributed by atoms with E-state index in [9.17, 15) is 4.79 Å². The molecule has 0 rings (SSSR count). The molecular weight excluding hydrogens is 146 g/mol.